The summed E-state index contributed by atoms with van der Waals surface area (Å²) in [5.74, 6) is 1.46. The lowest BCUT2D eigenvalue weighted by Crippen LogP contribution is -2.47. The van der Waals surface area contributed by atoms with Crippen molar-refractivity contribution >= 4 is 5.97 Å². The number of ether oxygens (including phenoxy) is 3. The number of rotatable bonds is 37. The second-order valence-corrected chi connectivity index (χ2v) is 15.8. The van der Waals surface area contributed by atoms with Crippen LogP contribution in [0, 0.1) is 0 Å². The summed E-state index contributed by atoms with van der Waals surface area (Å²) in [6.07, 6.45) is 34.6. The molecule has 1 aromatic carbocycles. The molecule has 1 aromatic rings. The van der Waals surface area contributed by atoms with Gasteiger partial charge in [-0.1, -0.05) is 162 Å². The van der Waals surface area contributed by atoms with Crippen LogP contribution >= 0.6 is 0 Å². The fraction of sp³-hybridized carbons (Fsp3) is 0.848. The van der Waals surface area contributed by atoms with Gasteiger partial charge in [-0.15, -0.1) is 0 Å². The first-order chi connectivity index (χ1) is 26.1. The molecular weight excluding hydrogens is 661 g/mol. The highest BCUT2D eigenvalue weighted by Gasteiger charge is 2.16. The summed E-state index contributed by atoms with van der Waals surface area (Å²) in [6.45, 7) is 12.0. The molecule has 0 aromatic heterocycles. The molecule has 0 spiro atoms. The molecule has 2 rings (SSSR count). The maximum absolute atomic E-state index is 12.7. The number of β-amino-alcohol motifs (C(OH)–C–C–N with tert-alkyl or cyclic N) is 1. The van der Waals surface area contributed by atoms with Crippen LogP contribution in [0.25, 0.3) is 0 Å². The van der Waals surface area contributed by atoms with E-state index in [-0.39, 0.29) is 19.2 Å². The number of esters is 1. The quantitative estimate of drug-likeness (QED) is 0.0537. The molecule has 1 N–H and O–H groups in total. The molecule has 0 saturated carbocycles. The van der Waals surface area contributed by atoms with E-state index in [4.69, 9.17) is 19.3 Å². The average Bonchev–Trinajstić information content (AvgIpc) is 3.17. The highest BCUT2D eigenvalue weighted by atomic mass is 16.5. The summed E-state index contributed by atoms with van der Waals surface area (Å²) in [6, 6.07) is 6.03. The average molecular weight is 745 g/mol. The van der Waals surface area contributed by atoms with Crippen LogP contribution in [0.4, 0.5) is 0 Å². The van der Waals surface area contributed by atoms with Crippen LogP contribution < -0.4 is 9.47 Å². The van der Waals surface area contributed by atoms with E-state index < -0.39 is 0 Å². The van der Waals surface area contributed by atoms with Gasteiger partial charge < -0.3 is 24.2 Å². The third kappa shape index (κ3) is 27.4. The molecule has 0 atom stereocenters. The first-order valence-corrected chi connectivity index (χ1v) is 22.7. The van der Waals surface area contributed by atoms with Crippen LogP contribution in [-0.2, 0) is 16.1 Å². The minimum atomic E-state index is -0.152. The number of hydrogen-bond donors (Lipinski definition) is 1. The predicted molar refractivity (Wildman–Crippen MR) is 223 cm³/mol. The van der Waals surface area contributed by atoms with Gasteiger partial charge in [0.2, 0.25) is 0 Å². The minimum absolute atomic E-state index is 0.152. The molecule has 1 fully saturated rings. The molecule has 0 bridgehead atoms. The first-order valence-electron chi connectivity index (χ1n) is 22.7. The van der Waals surface area contributed by atoms with Crippen molar-refractivity contribution in [3.8, 4) is 11.5 Å². The van der Waals surface area contributed by atoms with Crippen LogP contribution in [0.5, 0.6) is 11.5 Å². The summed E-state index contributed by atoms with van der Waals surface area (Å²) in [5, 5.41) is 9.16. The Morgan fingerprint density at radius 3 is 1.30 bits per heavy atom. The molecule has 7 nitrogen and oxygen atoms in total. The van der Waals surface area contributed by atoms with Crippen molar-refractivity contribution in [3.63, 3.8) is 0 Å². The number of aliphatic hydroxyl groups is 1. The molecular formula is C46H84N2O5. The number of hydrogen-bond acceptors (Lipinski definition) is 7. The van der Waals surface area contributed by atoms with E-state index in [1.165, 1.54) is 148 Å². The Hall–Kier alpha value is -1.83. The van der Waals surface area contributed by atoms with Crippen LogP contribution in [0.3, 0.4) is 0 Å². The summed E-state index contributed by atoms with van der Waals surface area (Å²) in [7, 11) is 0. The lowest BCUT2D eigenvalue weighted by Gasteiger charge is -2.34. The molecule has 308 valence electrons. The number of nitrogens with zero attached hydrogens (tertiary/aromatic N) is 2. The Morgan fingerprint density at radius 1 is 0.528 bits per heavy atom. The number of benzene rings is 1. The van der Waals surface area contributed by atoms with Gasteiger partial charge in [0, 0.05) is 45.2 Å². The monoisotopic (exact) mass is 745 g/mol. The summed E-state index contributed by atoms with van der Waals surface area (Å²) in [5.41, 5.74) is 0.922. The topological polar surface area (TPSA) is 71.5 Å². The van der Waals surface area contributed by atoms with E-state index in [1.54, 1.807) is 0 Å². The van der Waals surface area contributed by atoms with E-state index >= 15 is 0 Å². The van der Waals surface area contributed by atoms with Gasteiger partial charge in [-0.25, -0.2) is 0 Å². The Labute approximate surface area is 327 Å². The number of aliphatic hydroxyl groups excluding tert-OH is 1. The molecule has 1 aliphatic heterocycles. The fourth-order valence-corrected chi connectivity index (χ4v) is 7.38. The van der Waals surface area contributed by atoms with Crippen molar-refractivity contribution in [2.45, 2.75) is 194 Å². The molecule has 1 aliphatic rings. The summed E-state index contributed by atoms with van der Waals surface area (Å²) < 4.78 is 18.2. The van der Waals surface area contributed by atoms with Crippen molar-refractivity contribution in [3.05, 3.63) is 23.8 Å². The SMILES string of the molecule is CCCCCCCCCCCCCCCOc1cc(COC(=O)CCCN2CCN(CCO)CC2)cc(OCCCCCCCCCCCCCC)c1. The number of piperazine rings is 1. The van der Waals surface area contributed by atoms with Crippen LogP contribution in [0.15, 0.2) is 18.2 Å². The largest absolute Gasteiger partial charge is 0.493 e. The van der Waals surface area contributed by atoms with Crippen molar-refractivity contribution in [2.75, 3.05) is 59.1 Å². The molecule has 7 heteroatoms. The van der Waals surface area contributed by atoms with E-state index in [0.29, 0.717) is 19.6 Å². The van der Waals surface area contributed by atoms with Crippen LogP contribution in [0.1, 0.15) is 193 Å². The zero-order valence-corrected chi connectivity index (χ0v) is 34.9. The van der Waals surface area contributed by atoms with Crippen molar-refractivity contribution in [1.82, 2.24) is 9.80 Å². The Bertz CT molecular complexity index is 967. The van der Waals surface area contributed by atoms with Gasteiger partial charge in [0.05, 0.1) is 19.8 Å². The van der Waals surface area contributed by atoms with Crippen LogP contribution in [-0.4, -0.2) is 80.0 Å². The van der Waals surface area contributed by atoms with Gasteiger partial charge in [-0.05, 0) is 43.5 Å². The fourth-order valence-electron chi connectivity index (χ4n) is 7.38. The van der Waals surface area contributed by atoms with Gasteiger partial charge in [0.15, 0.2) is 0 Å². The van der Waals surface area contributed by atoms with Crippen molar-refractivity contribution in [1.29, 1.82) is 0 Å². The standard InChI is InChI=1S/C46H84N2O5/c1-3-5-7-9-11-13-15-17-19-21-23-25-27-38-52-45-40-43(42-53-46(50)29-28-30-47-31-33-48(34-32-47)35-36-49)39-44(41-45)51-37-26-24-22-20-18-16-14-12-10-8-6-4-2/h39-41,49H,3-38,42H2,1-2H3. The van der Waals surface area contributed by atoms with Gasteiger partial charge >= 0.3 is 5.97 Å². The molecule has 0 amide bonds. The maximum atomic E-state index is 12.7. The first kappa shape index (κ1) is 47.3. The zero-order valence-electron chi connectivity index (χ0n) is 34.9. The smallest absolute Gasteiger partial charge is 0.306 e. The molecule has 1 heterocycles. The lowest BCUT2D eigenvalue weighted by atomic mass is 10.0. The zero-order chi connectivity index (χ0) is 37.9. The molecule has 1 saturated heterocycles. The summed E-state index contributed by atoms with van der Waals surface area (Å²) >= 11 is 0. The van der Waals surface area contributed by atoms with Gasteiger partial charge in [0.1, 0.15) is 18.1 Å². The highest BCUT2D eigenvalue weighted by molar-refractivity contribution is 5.69. The molecule has 53 heavy (non-hydrogen) atoms. The third-order valence-electron chi connectivity index (χ3n) is 10.9. The van der Waals surface area contributed by atoms with Crippen molar-refractivity contribution in [2.24, 2.45) is 0 Å². The van der Waals surface area contributed by atoms with Crippen LogP contribution in [0.2, 0.25) is 0 Å². The Balaban J connectivity index is 1.68. The second-order valence-electron chi connectivity index (χ2n) is 15.8. The number of carbonyl (C=O) groups excluding carboxylic acids is 1. The summed E-state index contributed by atoms with van der Waals surface area (Å²) in [4.78, 5) is 17.3. The molecule has 0 aliphatic carbocycles. The Morgan fingerprint density at radius 2 is 0.906 bits per heavy atom. The molecule has 0 unspecified atom stereocenters. The van der Waals surface area contributed by atoms with Gasteiger partial charge in [0.25, 0.3) is 0 Å². The van der Waals surface area contributed by atoms with E-state index in [0.717, 1.165) is 75.6 Å². The normalized spacial score (nSPS) is 13.8. The van der Waals surface area contributed by atoms with Gasteiger partial charge in [-0.2, -0.15) is 0 Å². The van der Waals surface area contributed by atoms with Crippen molar-refractivity contribution < 1.29 is 24.1 Å². The van der Waals surface area contributed by atoms with Gasteiger partial charge in [-0.3, -0.25) is 9.69 Å². The Kier molecular flexibility index (Phi) is 30.9. The third-order valence-corrected chi connectivity index (χ3v) is 10.9. The maximum Gasteiger partial charge on any atom is 0.306 e. The van der Waals surface area contributed by atoms with E-state index in [2.05, 4.69) is 23.6 Å². The lowest BCUT2D eigenvalue weighted by molar-refractivity contribution is -0.145. The second kappa shape index (κ2) is 34.6. The van der Waals surface area contributed by atoms with E-state index in [9.17, 15) is 4.79 Å². The number of unbranched alkanes of at least 4 members (excludes halogenated alkanes) is 23. The predicted octanol–water partition coefficient (Wildman–Crippen LogP) is 11.7. The number of carbonyl (C=O) groups is 1. The minimum Gasteiger partial charge on any atom is -0.493 e. The molecule has 0 radical (unpaired) electrons. The van der Waals surface area contributed by atoms with E-state index in [1.807, 2.05) is 18.2 Å². The highest BCUT2D eigenvalue weighted by Crippen LogP contribution is 2.25.